The third kappa shape index (κ3) is 7.36. The molecule has 7 heteroatoms. The fraction of sp³-hybridized carbons (Fsp3) is 1.00. The topological polar surface area (TPSA) is 27.7 Å². The van der Waals surface area contributed by atoms with Gasteiger partial charge in [-0.1, -0.05) is 47.3 Å². The molecule has 0 fully saturated rings. The average molecular weight is 507 g/mol. The lowest BCUT2D eigenvalue weighted by atomic mass is 9.98. The van der Waals surface area contributed by atoms with Gasteiger partial charge in [-0.25, -0.2) is 0 Å². The zero-order chi connectivity index (χ0) is 25.3. The minimum atomic E-state index is -2.16. The van der Waals surface area contributed by atoms with E-state index in [9.17, 15) is 0 Å². The second kappa shape index (κ2) is 10.2. The van der Waals surface area contributed by atoms with E-state index in [0.717, 1.165) is 19.3 Å². The predicted octanol–water partition coefficient (Wildman–Crippen LogP) is 8.59. The Morgan fingerprint density at radius 1 is 0.645 bits per heavy atom. The summed E-state index contributed by atoms with van der Waals surface area (Å²) in [6.07, 6.45) is 3.28. The van der Waals surface area contributed by atoms with Crippen molar-refractivity contribution < 1.29 is 13.3 Å². The maximum Gasteiger partial charge on any atom is 0.216 e. The van der Waals surface area contributed by atoms with Gasteiger partial charge in [-0.3, -0.25) is 0 Å². The van der Waals surface area contributed by atoms with Gasteiger partial charge in [-0.05, 0) is 85.9 Å². The van der Waals surface area contributed by atoms with E-state index < -0.39 is 33.0 Å². The first-order chi connectivity index (χ1) is 13.5. The molecule has 3 unspecified atom stereocenters. The zero-order valence-corrected chi connectivity index (χ0v) is 28.4. The van der Waals surface area contributed by atoms with Crippen LogP contribution in [0, 0.1) is 0 Å². The molecule has 0 radical (unpaired) electrons. The van der Waals surface area contributed by atoms with E-state index in [1.165, 1.54) is 0 Å². The van der Waals surface area contributed by atoms with E-state index in [-0.39, 0.29) is 21.6 Å². The van der Waals surface area contributed by atoms with Gasteiger partial charge in [-0.15, -0.1) is 0 Å². The summed E-state index contributed by atoms with van der Waals surface area (Å²) < 4.78 is 21.2. The summed E-state index contributed by atoms with van der Waals surface area (Å²) in [5.41, 5.74) is 0. The van der Waals surface area contributed by atoms with Crippen molar-refractivity contribution >= 4 is 33.0 Å². The molecule has 0 saturated carbocycles. The first-order valence-corrected chi connectivity index (χ1v) is 25.3. The van der Waals surface area contributed by atoms with E-state index in [4.69, 9.17) is 13.3 Å². The Hall–Kier alpha value is 0.748. The molecule has 0 aromatic rings. The fourth-order valence-electron chi connectivity index (χ4n) is 4.39. The lowest BCUT2D eigenvalue weighted by Gasteiger charge is -2.55. The van der Waals surface area contributed by atoms with Crippen LogP contribution in [-0.4, -0.2) is 49.6 Å². The van der Waals surface area contributed by atoms with Crippen LogP contribution in [0.4, 0.5) is 0 Å². The Bertz CT molecular complexity index is 578. The summed E-state index contributed by atoms with van der Waals surface area (Å²) >= 11 is 0. The molecule has 31 heavy (non-hydrogen) atoms. The Balaban J connectivity index is 6.15. The van der Waals surface area contributed by atoms with Crippen molar-refractivity contribution in [1.82, 2.24) is 0 Å². The van der Waals surface area contributed by atoms with Crippen molar-refractivity contribution in [2.24, 2.45) is 0 Å². The second-order valence-corrected chi connectivity index (χ2v) is 32.3. The number of rotatable bonds is 13. The first kappa shape index (κ1) is 31.7. The number of hydrogen-bond donors (Lipinski definition) is 0. The van der Waals surface area contributed by atoms with Crippen LogP contribution in [0.25, 0.3) is 0 Å². The van der Waals surface area contributed by atoms with Crippen molar-refractivity contribution in [1.29, 1.82) is 0 Å². The molecule has 0 heterocycles. The summed E-state index contributed by atoms with van der Waals surface area (Å²) in [5.74, 6) is 0. The zero-order valence-electron chi connectivity index (χ0n) is 24.4. The van der Waals surface area contributed by atoms with Crippen LogP contribution in [-0.2, 0) is 13.3 Å². The van der Waals surface area contributed by atoms with E-state index in [0.29, 0.717) is 0 Å². The molecule has 0 aliphatic rings. The van der Waals surface area contributed by atoms with Crippen molar-refractivity contribution in [3.63, 3.8) is 0 Å². The molecular weight excluding hydrogens is 449 g/mol. The van der Waals surface area contributed by atoms with Gasteiger partial charge < -0.3 is 13.3 Å². The minimum absolute atomic E-state index is 0.0384. The van der Waals surface area contributed by atoms with Gasteiger partial charge >= 0.3 is 0 Å². The molecular formula is C24H58O3Si4. The van der Waals surface area contributed by atoms with Gasteiger partial charge in [0.05, 0.1) is 19.4 Å². The highest BCUT2D eigenvalue weighted by atomic mass is 28.4. The molecule has 0 N–H and O–H groups in total. The van der Waals surface area contributed by atoms with Crippen molar-refractivity contribution in [2.75, 3.05) is 0 Å². The van der Waals surface area contributed by atoms with Gasteiger partial charge in [0.2, 0.25) is 8.32 Å². The maximum atomic E-state index is 7.23. The van der Waals surface area contributed by atoms with E-state index in [1.807, 2.05) is 0 Å². The molecule has 0 amide bonds. The maximum absolute atomic E-state index is 7.23. The molecule has 0 aliphatic carbocycles. The number of hydrogen-bond acceptors (Lipinski definition) is 3. The highest BCUT2D eigenvalue weighted by Gasteiger charge is 2.56. The van der Waals surface area contributed by atoms with E-state index in [2.05, 4.69) is 114 Å². The average Bonchev–Trinajstić information content (AvgIpc) is 2.55. The Labute approximate surface area is 200 Å². The largest absolute Gasteiger partial charge is 0.415 e. The molecule has 0 spiro atoms. The normalized spacial score (nSPS) is 19.6. The minimum Gasteiger partial charge on any atom is -0.415 e. The van der Waals surface area contributed by atoms with E-state index >= 15 is 0 Å². The third-order valence-electron chi connectivity index (χ3n) is 8.42. The molecule has 3 atom stereocenters. The highest BCUT2D eigenvalue weighted by Crippen LogP contribution is 2.51. The smallest absolute Gasteiger partial charge is 0.216 e. The Kier molecular flexibility index (Phi) is 10.4. The van der Waals surface area contributed by atoms with Crippen LogP contribution in [0.3, 0.4) is 0 Å². The summed E-state index contributed by atoms with van der Waals surface area (Å²) in [5, 5.41) is -0.191. The van der Waals surface area contributed by atoms with Crippen molar-refractivity contribution in [3.8, 4) is 0 Å². The van der Waals surface area contributed by atoms with Crippen LogP contribution in [0.15, 0.2) is 0 Å². The molecule has 0 aromatic carbocycles. The second-order valence-electron chi connectivity index (χ2n) is 13.5. The Morgan fingerprint density at radius 3 is 1.39 bits per heavy atom. The van der Waals surface area contributed by atoms with Gasteiger partial charge in [-0.2, -0.15) is 0 Å². The highest BCUT2D eigenvalue weighted by molar-refractivity contribution is 6.81. The Morgan fingerprint density at radius 2 is 1.10 bits per heavy atom. The lowest BCUT2D eigenvalue weighted by molar-refractivity contribution is 0.0601. The predicted molar refractivity (Wildman–Crippen MR) is 150 cm³/mol. The lowest BCUT2D eigenvalue weighted by Crippen LogP contribution is -2.64. The molecule has 188 valence electrons. The molecule has 0 saturated heterocycles. The van der Waals surface area contributed by atoms with E-state index in [1.54, 1.807) is 0 Å². The standard InChI is InChI=1S/C24H58O3Si4/c1-18-21(25-31(16,17)24(7,20-3)27-29(11,12)13)23(6,19-2)30(14,15)26-22(4,5)28(8,9)10/h21H,18-20H2,1-17H3. The van der Waals surface area contributed by atoms with Crippen LogP contribution < -0.4 is 0 Å². The summed E-state index contributed by atoms with van der Waals surface area (Å²) in [6, 6.07) is 0. The van der Waals surface area contributed by atoms with Crippen LogP contribution >= 0.6 is 0 Å². The summed E-state index contributed by atoms with van der Waals surface area (Å²) in [4.78, 5) is 0. The molecule has 3 nitrogen and oxygen atoms in total. The van der Waals surface area contributed by atoms with Gasteiger partial charge in [0.15, 0.2) is 16.6 Å². The van der Waals surface area contributed by atoms with Gasteiger partial charge in [0, 0.05) is 10.3 Å². The monoisotopic (exact) mass is 506 g/mol. The fourth-order valence-corrected chi connectivity index (χ4v) is 15.5. The molecule has 0 rings (SSSR count). The SMILES string of the molecule is CCC(O[Si](C)(C)C(C)(CC)O[Si](C)(C)C)C(C)(CC)[Si](C)(C)OC(C)(C)[Si](C)(C)C. The summed E-state index contributed by atoms with van der Waals surface area (Å²) in [7, 11) is -7.43. The van der Waals surface area contributed by atoms with Crippen LogP contribution in [0.5, 0.6) is 0 Å². The quantitative estimate of drug-likeness (QED) is 0.234. The van der Waals surface area contributed by atoms with Gasteiger partial charge in [0.1, 0.15) is 0 Å². The third-order valence-corrected chi connectivity index (χ3v) is 21.9. The molecule has 0 bridgehead atoms. The first-order valence-electron chi connectivity index (χ1n) is 12.5. The van der Waals surface area contributed by atoms with Crippen LogP contribution in [0.1, 0.15) is 67.7 Å². The van der Waals surface area contributed by atoms with Gasteiger partial charge in [0.25, 0.3) is 0 Å². The summed E-state index contributed by atoms with van der Waals surface area (Å²) in [6.45, 7) is 40.0. The van der Waals surface area contributed by atoms with Crippen LogP contribution in [0.2, 0.25) is 70.5 Å². The van der Waals surface area contributed by atoms with Crippen molar-refractivity contribution in [2.45, 2.75) is 155 Å². The van der Waals surface area contributed by atoms with Crippen molar-refractivity contribution in [3.05, 3.63) is 0 Å². The molecule has 0 aromatic heterocycles. The molecule has 0 aliphatic heterocycles.